The fraction of sp³-hybridized carbons (Fsp3) is 0.294. The van der Waals surface area contributed by atoms with Crippen LogP contribution in [-0.2, 0) is 6.54 Å². The number of halogens is 2. The SMILES string of the molecule is Cc1ccc(C(C)NCc2ccccc2OC(F)F)cc1[N+](=O)[O-]. The number of hydrogen-bond acceptors (Lipinski definition) is 4. The molecule has 0 spiro atoms. The number of nitro groups is 1. The van der Waals surface area contributed by atoms with Gasteiger partial charge in [-0.1, -0.05) is 30.3 Å². The minimum absolute atomic E-state index is 0.0579. The number of aryl methyl sites for hydroxylation is 1. The summed E-state index contributed by atoms with van der Waals surface area (Å²) in [6, 6.07) is 11.4. The number of benzene rings is 2. The average molecular weight is 336 g/mol. The molecule has 24 heavy (non-hydrogen) atoms. The topological polar surface area (TPSA) is 64.4 Å². The van der Waals surface area contributed by atoms with E-state index in [0.717, 1.165) is 5.56 Å². The van der Waals surface area contributed by atoms with E-state index in [4.69, 9.17) is 0 Å². The Morgan fingerprint density at radius 1 is 1.25 bits per heavy atom. The van der Waals surface area contributed by atoms with E-state index in [1.807, 2.05) is 13.0 Å². The van der Waals surface area contributed by atoms with Crippen LogP contribution >= 0.6 is 0 Å². The Balaban J connectivity index is 2.10. The van der Waals surface area contributed by atoms with E-state index in [2.05, 4.69) is 10.1 Å². The van der Waals surface area contributed by atoms with Crippen molar-refractivity contribution in [1.82, 2.24) is 5.32 Å². The van der Waals surface area contributed by atoms with Gasteiger partial charge in [-0.15, -0.1) is 0 Å². The zero-order valence-corrected chi connectivity index (χ0v) is 13.3. The lowest BCUT2D eigenvalue weighted by Gasteiger charge is -2.16. The second-order valence-electron chi connectivity index (χ2n) is 5.39. The van der Waals surface area contributed by atoms with Gasteiger partial charge in [0, 0.05) is 29.8 Å². The van der Waals surface area contributed by atoms with Gasteiger partial charge in [0.05, 0.1) is 4.92 Å². The number of nitrogens with one attached hydrogen (secondary N) is 1. The summed E-state index contributed by atoms with van der Waals surface area (Å²) in [6.45, 7) is 0.942. The van der Waals surface area contributed by atoms with Gasteiger partial charge in [0.2, 0.25) is 0 Å². The van der Waals surface area contributed by atoms with E-state index < -0.39 is 11.5 Å². The summed E-state index contributed by atoms with van der Waals surface area (Å²) < 4.78 is 29.3. The zero-order valence-electron chi connectivity index (χ0n) is 13.3. The first-order chi connectivity index (χ1) is 11.4. The van der Waals surface area contributed by atoms with Gasteiger partial charge in [0.1, 0.15) is 5.75 Å². The third kappa shape index (κ3) is 4.48. The third-order valence-corrected chi connectivity index (χ3v) is 3.72. The maximum atomic E-state index is 12.4. The lowest BCUT2D eigenvalue weighted by molar-refractivity contribution is -0.385. The van der Waals surface area contributed by atoms with Crippen molar-refractivity contribution in [2.45, 2.75) is 33.0 Å². The number of nitrogens with zero attached hydrogens (tertiary/aromatic N) is 1. The van der Waals surface area contributed by atoms with Crippen LogP contribution < -0.4 is 10.1 Å². The van der Waals surface area contributed by atoms with Crippen molar-refractivity contribution in [1.29, 1.82) is 0 Å². The first-order valence-corrected chi connectivity index (χ1v) is 7.39. The van der Waals surface area contributed by atoms with E-state index in [0.29, 0.717) is 17.7 Å². The Morgan fingerprint density at radius 3 is 2.62 bits per heavy atom. The highest BCUT2D eigenvalue weighted by molar-refractivity contribution is 5.43. The fourth-order valence-electron chi connectivity index (χ4n) is 2.33. The molecule has 0 saturated carbocycles. The molecule has 2 aromatic carbocycles. The molecule has 7 heteroatoms. The molecule has 1 N–H and O–H groups in total. The standard InChI is InChI=1S/C17H18F2N2O3/c1-11-7-8-13(9-15(11)21(22)23)12(2)20-10-14-5-3-4-6-16(14)24-17(18)19/h3-9,12,17,20H,10H2,1-2H3. The molecular formula is C17H18F2N2O3. The molecular weight excluding hydrogens is 318 g/mol. The molecule has 1 atom stereocenters. The largest absolute Gasteiger partial charge is 0.434 e. The van der Waals surface area contributed by atoms with Gasteiger partial charge in [-0.3, -0.25) is 10.1 Å². The van der Waals surface area contributed by atoms with Gasteiger partial charge in [0.15, 0.2) is 0 Å². The first kappa shape index (κ1) is 17.8. The molecule has 0 radical (unpaired) electrons. The number of rotatable bonds is 7. The number of hydrogen-bond donors (Lipinski definition) is 1. The lowest BCUT2D eigenvalue weighted by Crippen LogP contribution is -2.19. The molecule has 0 bridgehead atoms. The Kier molecular flexibility index (Phi) is 5.81. The zero-order chi connectivity index (χ0) is 17.7. The molecule has 128 valence electrons. The second kappa shape index (κ2) is 7.83. The molecule has 2 rings (SSSR count). The predicted molar refractivity (Wildman–Crippen MR) is 86.2 cm³/mol. The van der Waals surface area contributed by atoms with Crippen LogP contribution in [0.5, 0.6) is 5.75 Å². The molecule has 0 aliphatic heterocycles. The quantitative estimate of drug-likeness (QED) is 0.603. The monoisotopic (exact) mass is 336 g/mol. The Morgan fingerprint density at radius 2 is 1.96 bits per heavy atom. The van der Waals surface area contributed by atoms with Crippen LogP contribution in [0.1, 0.15) is 29.7 Å². The van der Waals surface area contributed by atoms with E-state index >= 15 is 0 Å². The number of para-hydroxylation sites is 1. The van der Waals surface area contributed by atoms with E-state index in [1.54, 1.807) is 31.2 Å². The van der Waals surface area contributed by atoms with Crippen LogP contribution in [0.2, 0.25) is 0 Å². The third-order valence-electron chi connectivity index (χ3n) is 3.72. The van der Waals surface area contributed by atoms with Crippen LogP contribution in [-0.4, -0.2) is 11.5 Å². The van der Waals surface area contributed by atoms with Crippen molar-refractivity contribution in [3.05, 3.63) is 69.3 Å². The Bertz CT molecular complexity index is 723. The highest BCUT2D eigenvalue weighted by atomic mass is 19.3. The molecule has 5 nitrogen and oxygen atoms in total. The summed E-state index contributed by atoms with van der Waals surface area (Å²) in [6.07, 6.45) is 0. The predicted octanol–water partition coefficient (Wildman–Crippen LogP) is 4.36. The Hall–Kier alpha value is -2.54. The average Bonchev–Trinajstić information content (AvgIpc) is 2.53. The molecule has 0 heterocycles. The van der Waals surface area contributed by atoms with Gasteiger partial charge in [-0.25, -0.2) is 0 Å². The number of alkyl halides is 2. The molecule has 0 fully saturated rings. The molecule has 0 saturated heterocycles. The summed E-state index contributed by atoms with van der Waals surface area (Å²) in [5, 5.41) is 14.2. The number of nitro benzene ring substituents is 1. The smallest absolute Gasteiger partial charge is 0.387 e. The summed E-state index contributed by atoms with van der Waals surface area (Å²) in [7, 11) is 0. The van der Waals surface area contributed by atoms with Crippen molar-refractivity contribution < 1.29 is 18.4 Å². The van der Waals surface area contributed by atoms with Gasteiger partial charge in [-0.2, -0.15) is 8.78 Å². The van der Waals surface area contributed by atoms with Gasteiger partial charge in [0.25, 0.3) is 5.69 Å². The maximum absolute atomic E-state index is 12.4. The highest BCUT2D eigenvalue weighted by Crippen LogP contribution is 2.25. The van der Waals surface area contributed by atoms with Crippen molar-refractivity contribution in [3.63, 3.8) is 0 Å². The minimum Gasteiger partial charge on any atom is -0.434 e. The normalized spacial score (nSPS) is 12.2. The van der Waals surface area contributed by atoms with Crippen molar-refractivity contribution in [3.8, 4) is 5.75 Å². The van der Waals surface area contributed by atoms with E-state index in [9.17, 15) is 18.9 Å². The van der Waals surface area contributed by atoms with E-state index in [-0.39, 0.29) is 17.5 Å². The van der Waals surface area contributed by atoms with Crippen LogP contribution in [0.25, 0.3) is 0 Å². The molecule has 0 aliphatic rings. The summed E-state index contributed by atoms with van der Waals surface area (Å²) in [5.41, 5.74) is 1.99. The van der Waals surface area contributed by atoms with Crippen molar-refractivity contribution in [2.24, 2.45) is 0 Å². The van der Waals surface area contributed by atoms with Gasteiger partial charge in [-0.05, 0) is 25.5 Å². The lowest BCUT2D eigenvalue weighted by atomic mass is 10.0. The van der Waals surface area contributed by atoms with Crippen LogP contribution in [0.4, 0.5) is 14.5 Å². The van der Waals surface area contributed by atoms with Crippen LogP contribution in [0.15, 0.2) is 42.5 Å². The Labute approximate surface area is 138 Å². The van der Waals surface area contributed by atoms with Crippen molar-refractivity contribution >= 4 is 5.69 Å². The highest BCUT2D eigenvalue weighted by Gasteiger charge is 2.15. The summed E-state index contributed by atoms with van der Waals surface area (Å²) in [5.74, 6) is 0.113. The first-order valence-electron chi connectivity index (χ1n) is 7.39. The van der Waals surface area contributed by atoms with Crippen molar-refractivity contribution in [2.75, 3.05) is 0 Å². The summed E-state index contributed by atoms with van der Waals surface area (Å²) >= 11 is 0. The fourth-order valence-corrected chi connectivity index (χ4v) is 2.33. The molecule has 0 aromatic heterocycles. The maximum Gasteiger partial charge on any atom is 0.387 e. The molecule has 0 aliphatic carbocycles. The summed E-state index contributed by atoms with van der Waals surface area (Å²) in [4.78, 5) is 10.6. The number of ether oxygens (including phenoxy) is 1. The molecule has 2 aromatic rings. The van der Waals surface area contributed by atoms with Gasteiger partial charge >= 0.3 is 6.61 Å². The van der Waals surface area contributed by atoms with E-state index in [1.165, 1.54) is 12.1 Å². The molecule has 0 amide bonds. The molecule has 1 unspecified atom stereocenters. The minimum atomic E-state index is -2.89. The second-order valence-corrected chi connectivity index (χ2v) is 5.39. The van der Waals surface area contributed by atoms with Crippen LogP contribution in [0.3, 0.4) is 0 Å². The van der Waals surface area contributed by atoms with Crippen LogP contribution in [0, 0.1) is 17.0 Å². The van der Waals surface area contributed by atoms with Gasteiger partial charge < -0.3 is 10.1 Å².